The first-order valence-corrected chi connectivity index (χ1v) is 8.60. The summed E-state index contributed by atoms with van der Waals surface area (Å²) in [7, 11) is 4.01. The molecule has 0 radical (unpaired) electrons. The highest BCUT2D eigenvalue weighted by Gasteiger charge is 2.20. The lowest BCUT2D eigenvalue weighted by atomic mass is 10.2. The summed E-state index contributed by atoms with van der Waals surface area (Å²) in [5, 5.41) is 3.07. The van der Waals surface area contributed by atoms with Crippen LogP contribution in [-0.4, -0.2) is 26.1 Å². The second-order valence-corrected chi connectivity index (χ2v) is 6.03. The number of benzene rings is 2. The minimum Gasteiger partial charge on any atom is -0.480 e. The molecule has 27 heavy (non-hydrogen) atoms. The molecule has 9 heteroatoms. The number of rotatable bonds is 4. The summed E-state index contributed by atoms with van der Waals surface area (Å²) in [4.78, 5) is 21.7. The predicted octanol–water partition coefficient (Wildman–Crippen LogP) is 2.36. The van der Waals surface area contributed by atoms with Crippen molar-refractivity contribution in [1.29, 1.82) is 0 Å². The van der Waals surface area contributed by atoms with Gasteiger partial charge >= 0.3 is 5.69 Å². The summed E-state index contributed by atoms with van der Waals surface area (Å²) in [5.41, 5.74) is 8.91. The van der Waals surface area contributed by atoms with E-state index >= 15 is 0 Å². The number of hydrogen-bond acceptors (Lipinski definition) is 6. The third kappa shape index (κ3) is 2.80. The molecule has 0 aliphatic carbocycles. The zero-order valence-corrected chi connectivity index (χ0v) is 15.6. The van der Waals surface area contributed by atoms with E-state index in [0.717, 1.165) is 5.69 Å². The molecule has 2 aromatic heterocycles. The molecule has 0 spiro atoms. The lowest BCUT2D eigenvalue weighted by Crippen LogP contribution is -2.22. The summed E-state index contributed by atoms with van der Waals surface area (Å²) in [5.74, 6) is 0.887. The topological polar surface area (TPSA) is 100.0 Å². The maximum absolute atomic E-state index is 13.3. The third-order valence-corrected chi connectivity index (χ3v) is 4.55. The van der Waals surface area contributed by atoms with Crippen molar-refractivity contribution in [3.8, 4) is 17.1 Å². The van der Waals surface area contributed by atoms with Crippen molar-refractivity contribution in [2.75, 3.05) is 18.1 Å². The number of fused-ring (bicyclic) bond motifs is 1. The molecule has 2 aromatic carbocycles. The van der Waals surface area contributed by atoms with Gasteiger partial charge in [0.1, 0.15) is 17.6 Å². The van der Waals surface area contributed by atoms with Crippen LogP contribution in [-0.2, 0) is 0 Å². The Kier molecular flexibility index (Phi) is 4.25. The Labute approximate surface area is 156 Å². The molecular formula is C18H17N6O2P. The fourth-order valence-electron chi connectivity index (χ4n) is 2.99. The number of anilines is 2. The third-order valence-electron chi connectivity index (χ3n) is 4.27. The minimum atomic E-state index is -0.287. The molecule has 0 aliphatic heterocycles. The molecule has 0 saturated heterocycles. The van der Waals surface area contributed by atoms with Gasteiger partial charge in [0.05, 0.1) is 20.8 Å². The molecule has 136 valence electrons. The van der Waals surface area contributed by atoms with E-state index in [0.29, 0.717) is 28.3 Å². The van der Waals surface area contributed by atoms with Crippen LogP contribution in [0.5, 0.6) is 5.75 Å². The first-order valence-electron chi connectivity index (χ1n) is 8.13. The highest BCUT2D eigenvalue weighted by Crippen LogP contribution is 2.25. The van der Waals surface area contributed by atoms with E-state index in [1.165, 1.54) is 15.5 Å². The molecule has 8 nitrogen and oxygen atoms in total. The van der Waals surface area contributed by atoms with Crippen LogP contribution in [0.1, 0.15) is 0 Å². The van der Waals surface area contributed by atoms with E-state index in [4.69, 9.17) is 10.3 Å². The molecular weight excluding hydrogens is 363 g/mol. The number of imidazole rings is 1. The van der Waals surface area contributed by atoms with E-state index in [-0.39, 0.29) is 11.5 Å². The maximum Gasteiger partial charge on any atom is 0.339 e. The second-order valence-electron chi connectivity index (χ2n) is 5.80. The van der Waals surface area contributed by atoms with Crippen molar-refractivity contribution in [3.63, 3.8) is 0 Å². The molecule has 1 atom stereocenters. The Balaban J connectivity index is 2.05. The highest BCUT2D eigenvalue weighted by molar-refractivity contribution is 7.10. The molecule has 0 aliphatic rings. The van der Waals surface area contributed by atoms with Gasteiger partial charge in [0, 0.05) is 12.7 Å². The number of aromatic nitrogens is 4. The van der Waals surface area contributed by atoms with Gasteiger partial charge in [-0.2, -0.15) is 0 Å². The quantitative estimate of drug-likeness (QED) is 0.527. The SMILES string of the molecule is CNc1cccc(-n2c(=O)n(-c3ccc(OP)cc3)c3c(N)ncnc32)c1. The fraction of sp³-hybridized carbons (Fsp3) is 0.0556. The van der Waals surface area contributed by atoms with Crippen molar-refractivity contribution in [1.82, 2.24) is 19.1 Å². The first-order chi connectivity index (χ1) is 13.1. The molecule has 2 heterocycles. The van der Waals surface area contributed by atoms with Crippen molar-refractivity contribution in [2.24, 2.45) is 0 Å². The van der Waals surface area contributed by atoms with Crippen molar-refractivity contribution in [3.05, 3.63) is 65.3 Å². The van der Waals surface area contributed by atoms with Crippen LogP contribution in [0.2, 0.25) is 0 Å². The summed E-state index contributed by atoms with van der Waals surface area (Å²) in [6, 6.07) is 14.6. The van der Waals surface area contributed by atoms with Gasteiger partial charge in [0.15, 0.2) is 11.5 Å². The summed E-state index contributed by atoms with van der Waals surface area (Å²) < 4.78 is 8.14. The molecule has 0 saturated carbocycles. The van der Waals surface area contributed by atoms with Crippen molar-refractivity contribution >= 4 is 32.1 Å². The van der Waals surface area contributed by atoms with E-state index < -0.39 is 0 Å². The lowest BCUT2D eigenvalue weighted by Gasteiger charge is -2.06. The van der Waals surface area contributed by atoms with E-state index in [9.17, 15) is 4.79 Å². The molecule has 0 amide bonds. The number of nitrogens with zero attached hydrogens (tertiary/aromatic N) is 4. The van der Waals surface area contributed by atoms with E-state index in [1.807, 2.05) is 31.3 Å². The van der Waals surface area contributed by atoms with Gasteiger partial charge in [-0.05, 0) is 42.5 Å². The fourth-order valence-corrected chi connectivity index (χ4v) is 3.15. The largest absolute Gasteiger partial charge is 0.480 e. The maximum atomic E-state index is 13.3. The summed E-state index contributed by atoms with van der Waals surface area (Å²) in [6.45, 7) is 0. The highest BCUT2D eigenvalue weighted by atomic mass is 31.0. The van der Waals surface area contributed by atoms with E-state index in [2.05, 4.69) is 24.8 Å². The van der Waals surface area contributed by atoms with Crippen LogP contribution in [0, 0.1) is 0 Å². The number of nitrogen functional groups attached to an aromatic ring is 1. The molecule has 1 unspecified atom stereocenters. The van der Waals surface area contributed by atoms with Crippen LogP contribution in [0.25, 0.3) is 22.5 Å². The molecule has 0 fully saturated rings. The van der Waals surface area contributed by atoms with Crippen molar-refractivity contribution in [2.45, 2.75) is 0 Å². The normalized spacial score (nSPS) is 10.9. The summed E-state index contributed by atoms with van der Waals surface area (Å²) >= 11 is 0. The van der Waals surface area contributed by atoms with Gasteiger partial charge in [-0.25, -0.2) is 19.3 Å². The monoisotopic (exact) mass is 380 g/mol. The molecule has 4 aromatic rings. The minimum absolute atomic E-state index is 0.229. The van der Waals surface area contributed by atoms with Gasteiger partial charge < -0.3 is 15.6 Å². The number of nitrogens with one attached hydrogen (secondary N) is 1. The van der Waals surface area contributed by atoms with Crippen LogP contribution in [0.15, 0.2) is 59.7 Å². The average molecular weight is 380 g/mol. The Bertz CT molecular complexity index is 1180. The van der Waals surface area contributed by atoms with Gasteiger partial charge in [0.2, 0.25) is 0 Å². The lowest BCUT2D eigenvalue weighted by molar-refractivity contribution is 0.646. The van der Waals surface area contributed by atoms with Gasteiger partial charge in [0.25, 0.3) is 0 Å². The van der Waals surface area contributed by atoms with Gasteiger partial charge in [-0.15, -0.1) is 0 Å². The predicted molar refractivity (Wildman–Crippen MR) is 109 cm³/mol. The number of nitrogens with two attached hydrogens (primary N) is 1. The zero-order chi connectivity index (χ0) is 19.0. The molecule has 4 rings (SSSR count). The van der Waals surface area contributed by atoms with Gasteiger partial charge in [-0.3, -0.25) is 4.57 Å². The Morgan fingerprint density at radius 3 is 2.56 bits per heavy atom. The molecule has 0 bridgehead atoms. The van der Waals surface area contributed by atoms with Crippen LogP contribution in [0.4, 0.5) is 11.5 Å². The smallest absolute Gasteiger partial charge is 0.339 e. The summed E-state index contributed by atoms with van der Waals surface area (Å²) in [6.07, 6.45) is 1.35. The van der Waals surface area contributed by atoms with E-state index in [1.54, 1.807) is 24.3 Å². The average Bonchev–Trinajstić information content (AvgIpc) is 3.01. The second kappa shape index (κ2) is 6.74. The zero-order valence-electron chi connectivity index (χ0n) is 14.5. The van der Waals surface area contributed by atoms with Gasteiger partial charge in [-0.1, -0.05) is 6.07 Å². The molecule has 3 N–H and O–H groups in total. The number of hydrogen-bond donors (Lipinski definition) is 2. The van der Waals surface area contributed by atoms with Crippen LogP contribution in [0.3, 0.4) is 0 Å². The van der Waals surface area contributed by atoms with Crippen LogP contribution >= 0.6 is 9.47 Å². The Morgan fingerprint density at radius 2 is 1.85 bits per heavy atom. The Hall–Kier alpha value is -3.38. The van der Waals surface area contributed by atoms with Crippen LogP contribution < -0.4 is 21.3 Å². The first kappa shape index (κ1) is 17.1. The Morgan fingerprint density at radius 1 is 1.07 bits per heavy atom. The van der Waals surface area contributed by atoms with Crippen molar-refractivity contribution < 1.29 is 4.52 Å². The standard InChI is InChI=1S/C18H17N6O2P/c1-20-11-3-2-4-13(9-11)24-17-15(16(19)21-10-22-17)23(18(24)25)12-5-7-14(26-27)8-6-12/h2-10,20H,27H2,1H3,(H2,19,21,22).